The number of hydrogen-bond donors (Lipinski definition) is 1. The second-order valence-corrected chi connectivity index (χ2v) is 5.31. The molecule has 2 heterocycles. The van der Waals surface area contributed by atoms with Crippen LogP contribution in [0.1, 0.15) is 16.1 Å². The van der Waals surface area contributed by atoms with Gasteiger partial charge < -0.3 is 23.9 Å². The Morgan fingerprint density at radius 1 is 1.08 bits per heavy atom. The van der Waals surface area contributed by atoms with Crippen molar-refractivity contribution in [2.75, 3.05) is 32.8 Å². The number of methoxy groups -OCH3 is 3. The molecular weight excluding hydrogens is 344 g/mol. The summed E-state index contributed by atoms with van der Waals surface area (Å²) in [4.78, 5) is 39.8. The monoisotopic (exact) mass is 360 g/mol. The minimum atomic E-state index is -0.934. The average Bonchev–Trinajstić information content (AvgIpc) is 3.12. The summed E-state index contributed by atoms with van der Waals surface area (Å²) in [6, 6.07) is 3.07. The summed E-state index contributed by atoms with van der Waals surface area (Å²) in [6.45, 7) is 0.289. The number of nitrogens with one attached hydrogen (secondary N) is 1. The molecule has 1 amide bonds. The molecule has 1 aliphatic rings. The van der Waals surface area contributed by atoms with Crippen LogP contribution in [0.3, 0.4) is 0 Å². The van der Waals surface area contributed by atoms with E-state index in [9.17, 15) is 14.4 Å². The summed E-state index contributed by atoms with van der Waals surface area (Å²) >= 11 is 0. The van der Waals surface area contributed by atoms with E-state index in [1.807, 2.05) is 6.08 Å². The SMILES string of the molecule is COC(=O)Oc1cc2c(c3cc(C(=O)OC)[nH]c13)C=CCN2C(=O)OC. The Kier molecular flexibility index (Phi) is 4.53. The number of ether oxygens (including phenoxy) is 4. The molecule has 1 aromatic carbocycles. The second kappa shape index (κ2) is 6.79. The van der Waals surface area contributed by atoms with Crippen molar-refractivity contribution in [1.82, 2.24) is 4.98 Å². The Labute approximate surface area is 148 Å². The number of carbonyl (C=O) groups is 3. The van der Waals surface area contributed by atoms with Crippen LogP contribution >= 0.6 is 0 Å². The lowest BCUT2D eigenvalue weighted by atomic mass is 10.0. The number of H-pyrrole nitrogens is 1. The normalized spacial score (nSPS) is 12.5. The predicted molar refractivity (Wildman–Crippen MR) is 91.5 cm³/mol. The quantitative estimate of drug-likeness (QED) is 0.498. The molecule has 0 atom stereocenters. The lowest BCUT2D eigenvalue weighted by Crippen LogP contribution is -2.33. The van der Waals surface area contributed by atoms with E-state index in [0.29, 0.717) is 22.2 Å². The van der Waals surface area contributed by atoms with Crippen LogP contribution in [0, 0.1) is 0 Å². The number of rotatable bonds is 2. The Hall–Kier alpha value is -3.49. The summed E-state index contributed by atoms with van der Waals surface area (Å²) in [5.74, 6) is -0.478. The largest absolute Gasteiger partial charge is 0.513 e. The molecule has 1 aromatic heterocycles. The highest BCUT2D eigenvalue weighted by molar-refractivity contribution is 6.07. The molecular formula is C17H16N2O7. The van der Waals surface area contributed by atoms with Gasteiger partial charge in [0.05, 0.1) is 32.5 Å². The second-order valence-electron chi connectivity index (χ2n) is 5.31. The Balaban J connectivity index is 2.25. The molecule has 9 heteroatoms. The zero-order valence-corrected chi connectivity index (χ0v) is 14.3. The van der Waals surface area contributed by atoms with Crippen molar-refractivity contribution in [2.24, 2.45) is 0 Å². The Morgan fingerprint density at radius 2 is 1.85 bits per heavy atom. The molecule has 0 saturated heterocycles. The zero-order valence-electron chi connectivity index (χ0n) is 14.3. The van der Waals surface area contributed by atoms with Gasteiger partial charge in [-0.3, -0.25) is 4.90 Å². The van der Waals surface area contributed by atoms with Crippen molar-refractivity contribution < 1.29 is 33.3 Å². The minimum Gasteiger partial charge on any atom is -0.464 e. The highest BCUT2D eigenvalue weighted by Gasteiger charge is 2.26. The molecule has 0 bridgehead atoms. The number of benzene rings is 1. The highest BCUT2D eigenvalue weighted by Crippen LogP contribution is 2.39. The minimum absolute atomic E-state index is 0.102. The van der Waals surface area contributed by atoms with Gasteiger partial charge >= 0.3 is 18.2 Å². The number of fused-ring (bicyclic) bond motifs is 3. The molecule has 0 spiro atoms. The molecule has 1 aliphatic heterocycles. The number of aromatic amines is 1. The van der Waals surface area contributed by atoms with Crippen LogP contribution < -0.4 is 9.64 Å². The Bertz CT molecular complexity index is 929. The van der Waals surface area contributed by atoms with E-state index in [-0.39, 0.29) is 18.0 Å². The van der Waals surface area contributed by atoms with Gasteiger partial charge in [-0.2, -0.15) is 0 Å². The van der Waals surface area contributed by atoms with Crippen molar-refractivity contribution in [3.63, 3.8) is 0 Å². The third-order valence-electron chi connectivity index (χ3n) is 3.92. The highest BCUT2D eigenvalue weighted by atomic mass is 16.7. The van der Waals surface area contributed by atoms with E-state index in [4.69, 9.17) is 14.2 Å². The van der Waals surface area contributed by atoms with Gasteiger partial charge in [-0.05, 0) is 6.07 Å². The fraction of sp³-hybridized carbons (Fsp3) is 0.235. The first-order valence-electron chi connectivity index (χ1n) is 7.56. The van der Waals surface area contributed by atoms with E-state index >= 15 is 0 Å². The number of carbonyl (C=O) groups excluding carboxylic acids is 3. The van der Waals surface area contributed by atoms with Crippen LogP contribution in [0.2, 0.25) is 0 Å². The van der Waals surface area contributed by atoms with Crippen molar-refractivity contribution >= 4 is 40.9 Å². The van der Waals surface area contributed by atoms with Crippen LogP contribution in [0.4, 0.5) is 15.3 Å². The molecule has 0 radical (unpaired) electrons. The standard InChI is InChI=1S/C17H16N2O7/c1-23-15(20)11-7-10-9-5-4-6-19(16(21)24-2)12(9)8-13(14(10)18-11)26-17(22)25-3/h4-5,7-8,18H,6H2,1-3H3. The van der Waals surface area contributed by atoms with Gasteiger partial charge in [0.25, 0.3) is 0 Å². The average molecular weight is 360 g/mol. The summed E-state index contributed by atoms with van der Waals surface area (Å²) < 4.78 is 19.2. The number of hydrogen-bond acceptors (Lipinski definition) is 7. The van der Waals surface area contributed by atoms with Gasteiger partial charge in [0, 0.05) is 23.6 Å². The van der Waals surface area contributed by atoms with Gasteiger partial charge in [0.15, 0.2) is 5.75 Å². The first-order chi connectivity index (χ1) is 12.5. The molecule has 2 aromatic rings. The van der Waals surface area contributed by atoms with E-state index in [1.165, 1.54) is 32.3 Å². The van der Waals surface area contributed by atoms with Crippen LogP contribution in [0.15, 0.2) is 18.2 Å². The van der Waals surface area contributed by atoms with Gasteiger partial charge in [-0.1, -0.05) is 12.2 Å². The predicted octanol–water partition coefficient (Wildman–Crippen LogP) is 2.70. The summed E-state index contributed by atoms with van der Waals surface area (Å²) in [5, 5.41) is 0.576. The van der Waals surface area contributed by atoms with Crippen molar-refractivity contribution in [2.45, 2.75) is 0 Å². The number of aromatic nitrogens is 1. The summed E-state index contributed by atoms with van der Waals surface area (Å²) in [5.41, 5.74) is 1.71. The van der Waals surface area contributed by atoms with Crippen LogP contribution in [-0.2, 0) is 14.2 Å². The van der Waals surface area contributed by atoms with Crippen molar-refractivity contribution in [1.29, 1.82) is 0 Å². The topological polar surface area (TPSA) is 107 Å². The van der Waals surface area contributed by atoms with Crippen molar-refractivity contribution in [3.8, 4) is 5.75 Å². The molecule has 0 saturated carbocycles. The van der Waals surface area contributed by atoms with Crippen LogP contribution in [0.5, 0.6) is 5.75 Å². The molecule has 0 aliphatic carbocycles. The molecule has 0 unspecified atom stereocenters. The maximum absolute atomic E-state index is 12.1. The molecule has 1 N–H and O–H groups in total. The smallest absolute Gasteiger partial charge is 0.464 e. The number of nitrogens with zero attached hydrogens (tertiary/aromatic N) is 1. The molecule has 9 nitrogen and oxygen atoms in total. The fourth-order valence-corrected chi connectivity index (χ4v) is 2.76. The summed E-state index contributed by atoms with van der Waals surface area (Å²) in [7, 11) is 3.71. The maximum Gasteiger partial charge on any atom is 0.513 e. The van der Waals surface area contributed by atoms with Gasteiger partial charge in [-0.15, -0.1) is 0 Å². The van der Waals surface area contributed by atoms with E-state index in [1.54, 1.807) is 12.1 Å². The molecule has 136 valence electrons. The maximum atomic E-state index is 12.1. The molecule has 26 heavy (non-hydrogen) atoms. The lowest BCUT2D eigenvalue weighted by Gasteiger charge is -2.25. The van der Waals surface area contributed by atoms with Gasteiger partial charge in [0.1, 0.15) is 5.69 Å². The van der Waals surface area contributed by atoms with E-state index < -0.39 is 18.2 Å². The third-order valence-corrected chi connectivity index (χ3v) is 3.92. The summed E-state index contributed by atoms with van der Waals surface area (Å²) in [6.07, 6.45) is 2.09. The first-order valence-corrected chi connectivity index (χ1v) is 7.56. The van der Waals surface area contributed by atoms with Gasteiger partial charge in [0.2, 0.25) is 0 Å². The lowest BCUT2D eigenvalue weighted by molar-refractivity contribution is 0.0595. The number of amides is 1. The number of anilines is 1. The van der Waals surface area contributed by atoms with Crippen LogP contribution in [-0.4, -0.2) is 51.1 Å². The van der Waals surface area contributed by atoms with Crippen LogP contribution in [0.25, 0.3) is 17.0 Å². The Morgan fingerprint density at radius 3 is 2.50 bits per heavy atom. The van der Waals surface area contributed by atoms with Crippen molar-refractivity contribution in [3.05, 3.63) is 29.5 Å². The molecule has 3 rings (SSSR count). The third kappa shape index (κ3) is 2.83. The van der Waals surface area contributed by atoms with E-state index in [2.05, 4.69) is 9.72 Å². The van der Waals surface area contributed by atoms with Gasteiger partial charge in [-0.25, -0.2) is 14.4 Å². The fourth-order valence-electron chi connectivity index (χ4n) is 2.76. The molecule has 0 fully saturated rings. The zero-order chi connectivity index (χ0) is 18.8. The van der Waals surface area contributed by atoms with E-state index in [0.717, 1.165) is 0 Å². The first kappa shape index (κ1) is 17.3. The number of esters is 1.